The molecule has 0 aromatic heterocycles. The van der Waals surface area contributed by atoms with Crippen molar-refractivity contribution in [3.8, 4) is 0 Å². The van der Waals surface area contributed by atoms with Crippen LogP contribution in [0.4, 0.5) is 32.0 Å². The SMILES string of the molecule is O=C(Nc1cc(C(F)(F)F)cc(C(F)(F)F)c1)[C@H]1CCCC[C@H]1C(=O)O. The Hall–Kier alpha value is -2.26. The number of rotatable bonds is 3. The second-order valence-corrected chi connectivity index (χ2v) is 6.12. The van der Waals surface area contributed by atoms with Crippen LogP contribution in [0.5, 0.6) is 0 Å². The first kappa shape index (κ1) is 20.1. The second-order valence-electron chi connectivity index (χ2n) is 6.12. The lowest BCUT2D eigenvalue weighted by Gasteiger charge is -2.27. The molecule has 0 spiro atoms. The smallest absolute Gasteiger partial charge is 0.416 e. The van der Waals surface area contributed by atoms with Crippen LogP contribution in [0.25, 0.3) is 0 Å². The van der Waals surface area contributed by atoms with E-state index in [0.29, 0.717) is 25.0 Å². The van der Waals surface area contributed by atoms with E-state index >= 15 is 0 Å². The average Bonchev–Trinajstić information content (AvgIpc) is 2.52. The van der Waals surface area contributed by atoms with Gasteiger partial charge >= 0.3 is 18.3 Å². The number of nitrogens with one attached hydrogen (secondary N) is 1. The van der Waals surface area contributed by atoms with Crippen LogP contribution in [0.3, 0.4) is 0 Å². The van der Waals surface area contributed by atoms with Crippen LogP contribution in [0.1, 0.15) is 36.8 Å². The molecule has 1 aliphatic rings. The number of carbonyl (C=O) groups is 2. The maximum absolute atomic E-state index is 12.8. The van der Waals surface area contributed by atoms with Gasteiger partial charge in [-0.3, -0.25) is 9.59 Å². The summed E-state index contributed by atoms with van der Waals surface area (Å²) in [5.41, 5.74) is -3.78. The molecule has 0 unspecified atom stereocenters. The van der Waals surface area contributed by atoms with Crippen molar-refractivity contribution in [3.63, 3.8) is 0 Å². The maximum atomic E-state index is 12.8. The van der Waals surface area contributed by atoms with Gasteiger partial charge in [-0.1, -0.05) is 12.8 Å². The number of alkyl halides is 6. The largest absolute Gasteiger partial charge is 0.481 e. The summed E-state index contributed by atoms with van der Waals surface area (Å²) in [5, 5.41) is 11.2. The van der Waals surface area contributed by atoms with Gasteiger partial charge in [0.2, 0.25) is 5.91 Å². The fourth-order valence-electron chi connectivity index (χ4n) is 3.00. The number of hydrogen-bond acceptors (Lipinski definition) is 2. The van der Waals surface area contributed by atoms with Gasteiger partial charge in [0, 0.05) is 5.69 Å². The van der Waals surface area contributed by atoms with E-state index in [2.05, 4.69) is 0 Å². The molecule has 1 saturated carbocycles. The Morgan fingerprint density at radius 1 is 0.885 bits per heavy atom. The summed E-state index contributed by atoms with van der Waals surface area (Å²) < 4.78 is 77.0. The maximum Gasteiger partial charge on any atom is 0.416 e. The molecule has 2 atom stereocenters. The number of carbonyl (C=O) groups excluding carboxylic acids is 1. The summed E-state index contributed by atoms with van der Waals surface area (Å²) in [6.07, 6.45) is -8.50. The summed E-state index contributed by atoms with van der Waals surface area (Å²) in [4.78, 5) is 23.5. The van der Waals surface area contributed by atoms with Gasteiger partial charge in [0.1, 0.15) is 0 Å². The molecule has 0 heterocycles. The minimum Gasteiger partial charge on any atom is -0.481 e. The third kappa shape index (κ3) is 4.67. The van der Waals surface area contributed by atoms with E-state index in [4.69, 9.17) is 5.11 Å². The Kier molecular flexibility index (Phi) is 5.52. The van der Waals surface area contributed by atoms with Crippen molar-refractivity contribution in [2.24, 2.45) is 11.8 Å². The summed E-state index contributed by atoms with van der Waals surface area (Å²) in [7, 11) is 0. The van der Waals surface area contributed by atoms with E-state index in [1.54, 1.807) is 0 Å². The van der Waals surface area contributed by atoms with Crippen LogP contribution < -0.4 is 5.32 Å². The molecule has 1 fully saturated rings. The molecule has 2 rings (SSSR count). The van der Waals surface area contributed by atoms with Crippen molar-refractivity contribution in [1.82, 2.24) is 0 Å². The van der Waals surface area contributed by atoms with Crippen molar-refractivity contribution in [2.75, 3.05) is 5.32 Å². The highest BCUT2D eigenvalue weighted by atomic mass is 19.4. The molecule has 4 nitrogen and oxygen atoms in total. The normalized spacial score (nSPS) is 21.3. The van der Waals surface area contributed by atoms with Crippen LogP contribution in [-0.4, -0.2) is 17.0 Å². The van der Waals surface area contributed by atoms with E-state index < -0.39 is 52.9 Å². The molecule has 1 aromatic rings. The summed E-state index contributed by atoms with van der Waals surface area (Å²) in [6, 6.07) is 0.744. The standard InChI is InChI=1S/C16H15F6NO3/c17-15(18,19)8-5-9(16(20,21)22)7-10(6-8)23-13(24)11-3-1-2-4-12(11)14(25)26/h5-7,11-12H,1-4H2,(H,23,24)(H,25,26)/t11-,12+/m0/s1. The molecular formula is C16H15F6NO3. The van der Waals surface area contributed by atoms with E-state index in [1.807, 2.05) is 5.32 Å². The van der Waals surface area contributed by atoms with Crippen LogP contribution >= 0.6 is 0 Å². The minimum absolute atomic E-state index is 0.0453. The second kappa shape index (κ2) is 7.16. The molecule has 144 valence electrons. The van der Waals surface area contributed by atoms with Gasteiger partial charge in [-0.05, 0) is 31.0 Å². The van der Waals surface area contributed by atoms with Gasteiger partial charge in [-0.25, -0.2) is 0 Å². The number of anilines is 1. The molecule has 1 aliphatic carbocycles. The minimum atomic E-state index is -5.03. The van der Waals surface area contributed by atoms with Crippen LogP contribution in [-0.2, 0) is 21.9 Å². The number of carboxylic acids is 1. The molecule has 0 aliphatic heterocycles. The molecule has 0 saturated heterocycles. The molecule has 10 heteroatoms. The monoisotopic (exact) mass is 383 g/mol. The number of halogens is 6. The molecular weight excluding hydrogens is 368 g/mol. The van der Waals surface area contributed by atoms with Gasteiger partial charge in [0.25, 0.3) is 0 Å². The highest BCUT2D eigenvalue weighted by molar-refractivity contribution is 5.95. The van der Waals surface area contributed by atoms with E-state index in [-0.39, 0.29) is 18.9 Å². The highest BCUT2D eigenvalue weighted by Crippen LogP contribution is 2.38. The van der Waals surface area contributed by atoms with Crippen molar-refractivity contribution in [1.29, 1.82) is 0 Å². The molecule has 1 amide bonds. The van der Waals surface area contributed by atoms with Gasteiger partial charge in [0.15, 0.2) is 0 Å². The van der Waals surface area contributed by atoms with Crippen molar-refractivity contribution in [2.45, 2.75) is 38.0 Å². The lowest BCUT2D eigenvalue weighted by Crippen LogP contribution is -2.36. The Balaban J connectivity index is 2.32. The predicted molar refractivity (Wildman–Crippen MR) is 78.2 cm³/mol. The Labute approximate surface area is 144 Å². The number of hydrogen-bond donors (Lipinski definition) is 2. The topological polar surface area (TPSA) is 66.4 Å². The number of amides is 1. The predicted octanol–water partition coefficient (Wildman–Crippen LogP) is 4.55. The van der Waals surface area contributed by atoms with Gasteiger partial charge in [-0.15, -0.1) is 0 Å². The summed E-state index contributed by atoms with van der Waals surface area (Å²) >= 11 is 0. The fourth-order valence-corrected chi connectivity index (χ4v) is 3.00. The van der Waals surface area contributed by atoms with Gasteiger partial charge < -0.3 is 10.4 Å². The lowest BCUT2D eigenvalue weighted by atomic mass is 9.78. The molecule has 0 radical (unpaired) electrons. The number of benzene rings is 1. The van der Waals surface area contributed by atoms with Crippen LogP contribution in [0.15, 0.2) is 18.2 Å². The zero-order chi connectivity index (χ0) is 19.7. The lowest BCUT2D eigenvalue weighted by molar-refractivity contribution is -0.147. The third-order valence-electron chi connectivity index (χ3n) is 4.28. The zero-order valence-electron chi connectivity index (χ0n) is 13.2. The van der Waals surface area contributed by atoms with Crippen molar-refractivity contribution >= 4 is 17.6 Å². The number of aliphatic carboxylic acids is 1. The summed E-state index contributed by atoms with van der Waals surface area (Å²) in [6.45, 7) is 0. The Bertz CT molecular complexity index is 666. The van der Waals surface area contributed by atoms with Gasteiger partial charge in [0.05, 0.1) is 23.0 Å². The van der Waals surface area contributed by atoms with Crippen molar-refractivity contribution < 1.29 is 41.0 Å². The van der Waals surface area contributed by atoms with E-state index in [1.165, 1.54) is 0 Å². The fraction of sp³-hybridized carbons (Fsp3) is 0.500. The quantitative estimate of drug-likeness (QED) is 0.753. The van der Waals surface area contributed by atoms with Crippen molar-refractivity contribution in [3.05, 3.63) is 29.3 Å². The van der Waals surface area contributed by atoms with Gasteiger partial charge in [-0.2, -0.15) is 26.3 Å². The third-order valence-corrected chi connectivity index (χ3v) is 4.28. The number of carboxylic acid groups (broad SMARTS) is 1. The first-order valence-electron chi connectivity index (χ1n) is 7.72. The highest BCUT2D eigenvalue weighted by Gasteiger charge is 2.38. The molecule has 26 heavy (non-hydrogen) atoms. The Morgan fingerprint density at radius 3 is 1.77 bits per heavy atom. The van der Waals surface area contributed by atoms with E-state index in [9.17, 15) is 35.9 Å². The molecule has 0 bridgehead atoms. The summed E-state index contributed by atoms with van der Waals surface area (Å²) in [5.74, 6) is -4.14. The first-order chi connectivity index (χ1) is 11.9. The zero-order valence-corrected chi connectivity index (χ0v) is 13.2. The molecule has 1 aromatic carbocycles. The molecule has 2 N–H and O–H groups in total. The Morgan fingerprint density at radius 2 is 1.35 bits per heavy atom. The first-order valence-corrected chi connectivity index (χ1v) is 7.72. The van der Waals surface area contributed by atoms with Crippen LogP contribution in [0, 0.1) is 11.8 Å². The van der Waals surface area contributed by atoms with Crippen LogP contribution in [0.2, 0.25) is 0 Å². The van der Waals surface area contributed by atoms with E-state index in [0.717, 1.165) is 0 Å². The average molecular weight is 383 g/mol.